The summed E-state index contributed by atoms with van der Waals surface area (Å²) in [6.07, 6.45) is 1.30. The molecule has 0 spiro atoms. The van der Waals surface area contributed by atoms with Crippen molar-refractivity contribution in [3.63, 3.8) is 0 Å². The van der Waals surface area contributed by atoms with Crippen LogP contribution >= 0.6 is 0 Å². The number of nitrogens with one attached hydrogen (secondary N) is 1. The van der Waals surface area contributed by atoms with Crippen molar-refractivity contribution in [1.29, 1.82) is 5.26 Å². The quantitative estimate of drug-likeness (QED) is 0.878. The first-order valence-corrected chi connectivity index (χ1v) is 6.84. The number of rotatable bonds is 5. The molecule has 92 valence electrons. The van der Waals surface area contributed by atoms with Crippen molar-refractivity contribution >= 4 is 15.7 Å². The highest BCUT2D eigenvalue weighted by Crippen LogP contribution is 2.17. The van der Waals surface area contributed by atoms with E-state index in [4.69, 9.17) is 5.26 Å². The molecule has 0 radical (unpaired) electrons. The maximum Gasteiger partial charge on any atom is 0.232 e. The van der Waals surface area contributed by atoms with Crippen molar-refractivity contribution in [2.24, 2.45) is 0 Å². The third-order valence-corrected chi connectivity index (χ3v) is 3.49. The summed E-state index contributed by atoms with van der Waals surface area (Å²) in [5.74, 6) is -0.579. The van der Waals surface area contributed by atoms with Crippen molar-refractivity contribution < 1.29 is 12.8 Å². The number of sulfonamides is 1. The Morgan fingerprint density at radius 2 is 2.18 bits per heavy atom. The Hall–Kier alpha value is -1.61. The van der Waals surface area contributed by atoms with Gasteiger partial charge < -0.3 is 0 Å². The Balaban J connectivity index is 2.92. The van der Waals surface area contributed by atoms with Gasteiger partial charge in [0.2, 0.25) is 10.0 Å². The molecule has 0 amide bonds. The summed E-state index contributed by atoms with van der Waals surface area (Å²) >= 11 is 0. The first kappa shape index (κ1) is 13.5. The van der Waals surface area contributed by atoms with Gasteiger partial charge in [-0.25, -0.2) is 12.8 Å². The van der Waals surface area contributed by atoms with Crippen molar-refractivity contribution in [2.75, 3.05) is 10.5 Å². The van der Waals surface area contributed by atoms with Crippen molar-refractivity contribution in [3.05, 3.63) is 29.6 Å². The van der Waals surface area contributed by atoms with Gasteiger partial charge in [0, 0.05) is 0 Å². The first-order valence-electron chi connectivity index (χ1n) is 5.18. The Labute approximate surface area is 100 Å². The van der Waals surface area contributed by atoms with E-state index in [-0.39, 0.29) is 17.0 Å². The van der Waals surface area contributed by atoms with Gasteiger partial charge in [-0.1, -0.05) is 13.3 Å². The Bertz CT molecular complexity index is 535. The lowest BCUT2D eigenvalue weighted by Crippen LogP contribution is -2.17. The Morgan fingerprint density at radius 1 is 1.47 bits per heavy atom. The normalized spacial score (nSPS) is 10.9. The molecule has 0 heterocycles. The fourth-order valence-corrected chi connectivity index (χ4v) is 2.53. The highest BCUT2D eigenvalue weighted by molar-refractivity contribution is 7.92. The van der Waals surface area contributed by atoms with Gasteiger partial charge in [-0.15, -0.1) is 0 Å². The highest BCUT2D eigenvalue weighted by atomic mass is 32.2. The number of hydrogen-bond acceptors (Lipinski definition) is 3. The molecule has 0 aromatic heterocycles. The molecule has 1 aromatic carbocycles. The van der Waals surface area contributed by atoms with Gasteiger partial charge in [0.15, 0.2) is 0 Å². The van der Waals surface area contributed by atoms with Crippen molar-refractivity contribution in [3.8, 4) is 6.07 Å². The molecular formula is C11H13FN2O2S. The summed E-state index contributed by atoms with van der Waals surface area (Å²) in [6.45, 7) is 1.88. The van der Waals surface area contributed by atoms with Gasteiger partial charge in [0.05, 0.1) is 17.0 Å². The zero-order valence-corrected chi connectivity index (χ0v) is 10.2. The minimum absolute atomic E-state index is 0.00819. The third-order valence-electron chi connectivity index (χ3n) is 2.13. The molecule has 0 fully saturated rings. The fourth-order valence-electron chi connectivity index (χ4n) is 1.25. The highest BCUT2D eigenvalue weighted by Gasteiger charge is 2.12. The zero-order valence-electron chi connectivity index (χ0n) is 9.40. The van der Waals surface area contributed by atoms with E-state index in [0.29, 0.717) is 6.42 Å². The monoisotopic (exact) mass is 256 g/mol. The SMILES string of the molecule is CCCCS(=O)(=O)Nc1ccc(F)cc1C#N. The van der Waals surface area contributed by atoms with Crippen LogP contribution < -0.4 is 4.72 Å². The smallest absolute Gasteiger partial charge is 0.232 e. The fraction of sp³-hybridized carbons (Fsp3) is 0.364. The van der Waals surface area contributed by atoms with Crippen LogP contribution in [0.15, 0.2) is 18.2 Å². The van der Waals surface area contributed by atoms with Crippen LogP contribution in [0.1, 0.15) is 25.3 Å². The second-order valence-corrected chi connectivity index (χ2v) is 5.42. The number of anilines is 1. The molecule has 0 saturated carbocycles. The Morgan fingerprint density at radius 3 is 2.76 bits per heavy atom. The third kappa shape index (κ3) is 4.04. The molecule has 1 rings (SSSR count). The molecule has 0 unspecified atom stereocenters. The summed E-state index contributed by atoms with van der Waals surface area (Å²) in [6, 6.07) is 5.10. The number of unbranched alkanes of at least 4 members (excludes halogenated alkanes) is 1. The van der Waals surface area contributed by atoms with Crippen LogP contribution in [0.25, 0.3) is 0 Å². The summed E-state index contributed by atoms with van der Waals surface area (Å²) in [5.41, 5.74) is 0.0927. The predicted molar refractivity (Wildman–Crippen MR) is 63.4 cm³/mol. The number of benzene rings is 1. The van der Waals surface area contributed by atoms with Crippen molar-refractivity contribution in [1.82, 2.24) is 0 Å². The molecule has 0 aliphatic carbocycles. The maximum atomic E-state index is 12.8. The molecule has 0 saturated heterocycles. The first-order chi connectivity index (χ1) is 7.98. The average Bonchev–Trinajstić information content (AvgIpc) is 2.28. The summed E-state index contributed by atoms with van der Waals surface area (Å²) in [4.78, 5) is 0. The molecule has 0 bridgehead atoms. The van der Waals surface area contributed by atoms with E-state index in [1.165, 1.54) is 6.07 Å². The van der Waals surface area contributed by atoms with Gasteiger partial charge in [0.1, 0.15) is 11.9 Å². The van der Waals surface area contributed by atoms with Crippen LogP contribution in [-0.2, 0) is 10.0 Å². The van der Waals surface area contributed by atoms with E-state index in [1.807, 2.05) is 6.92 Å². The van der Waals surface area contributed by atoms with Crippen LogP contribution in [0.3, 0.4) is 0 Å². The van der Waals surface area contributed by atoms with Gasteiger partial charge in [-0.2, -0.15) is 5.26 Å². The average molecular weight is 256 g/mol. The second-order valence-electron chi connectivity index (χ2n) is 3.58. The van der Waals surface area contributed by atoms with Crippen LogP contribution in [0.5, 0.6) is 0 Å². The summed E-state index contributed by atoms with van der Waals surface area (Å²) in [7, 11) is -3.47. The minimum Gasteiger partial charge on any atom is -0.282 e. The zero-order chi connectivity index (χ0) is 12.9. The molecule has 6 heteroatoms. The molecule has 1 N–H and O–H groups in total. The number of halogens is 1. The summed E-state index contributed by atoms with van der Waals surface area (Å²) in [5, 5.41) is 8.76. The largest absolute Gasteiger partial charge is 0.282 e. The molecule has 4 nitrogen and oxygen atoms in total. The van der Waals surface area contributed by atoms with Gasteiger partial charge in [-0.3, -0.25) is 4.72 Å². The van der Waals surface area contributed by atoms with E-state index in [2.05, 4.69) is 4.72 Å². The predicted octanol–water partition coefficient (Wildman–Crippen LogP) is 2.24. The number of nitriles is 1. The lowest BCUT2D eigenvalue weighted by atomic mass is 10.2. The number of hydrogen-bond donors (Lipinski definition) is 1. The Kier molecular flexibility index (Phi) is 4.46. The maximum absolute atomic E-state index is 12.8. The molecule has 0 atom stereocenters. The lowest BCUT2D eigenvalue weighted by Gasteiger charge is -2.08. The molecule has 0 aliphatic heterocycles. The summed E-state index contributed by atoms with van der Waals surface area (Å²) < 4.78 is 38.3. The molecule has 1 aromatic rings. The minimum atomic E-state index is -3.47. The van der Waals surface area contributed by atoms with E-state index >= 15 is 0 Å². The van der Waals surface area contributed by atoms with E-state index in [9.17, 15) is 12.8 Å². The van der Waals surface area contributed by atoms with Gasteiger partial charge >= 0.3 is 0 Å². The molecule has 17 heavy (non-hydrogen) atoms. The van der Waals surface area contributed by atoms with E-state index in [0.717, 1.165) is 18.6 Å². The van der Waals surface area contributed by atoms with E-state index in [1.54, 1.807) is 6.07 Å². The van der Waals surface area contributed by atoms with Crippen LogP contribution in [0.2, 0.25) is 0 Å². The number of nitrogens with zero attached hydrogens (tertiary/aromatic N) is 1. The standard InChI is InChI=1S/C11H13FN2O2S/c1-2-3-6-17(15,16)14-11-5-4-10(12)7-9(11)8-13/h4-5,7,14H,2-3,6H2,1H3. The van der Waals surface area contributed by atoms with Gasteiger partial charge in [0.25, 0.3) is 0 Å². The lowest BCUT2D eigenvalue weighted by molar-refractivity contribution is 0.597. The van der Waals surface area contributed by atoms with Gasteiger partial charge in [-0.05, 0) is 24.6 Å². The van der Waals surface area contributed by atoms with Crippen LogP contribution in [0.4, 0.5) is 10.1 Å². The second kappa shape index (κ2) is 5.64. The van der Waals surface area contributed by atoms with Crippen LogP contribution in [-0.4, -0.2) is 14.2 Å². The van der Waals surface area contributed by atoms with Crippen molar-refractivity contribution in [2.45, 2.75) is 19.8 Å². The van der Waals surface area contributed by atoms with E-state index < -0.39 is 15.8 Å². The topological polar surface area (TPSA) is 70.0 Å². The molecule has 0 aliphatic rings. The van der Waals surface area contributed by atoms with Crippen LogP contribution in [0, 0.1) is 17.1 Å². The molecular weight excluding hydrogens is 243 g/mol.